The van der Waals surface area contributed by atoms with Crippen molar-refractivity contribution < 1.29 is 32.8 Å². The van der Waals surface area contributed by atoms with E-state index in [9.17, 15) is 14.4 Å². The van der Waals surface area contributed by atoms with Crippen LogP contribution >= 0.6 is 0 Å². The number of nitrogens with two attached hydrogens (primary N) is 1. The van der Waals surface area contributed by atoms with Crippen LogP contribution in [0.25, 0.3) is 0 Å². The molecule has 2 saturated heterocycles. The number of primary amides is 1. The molecule has 4 rings (SSSR count). The van der Waals surface area contributed by atoms with E-state index in [-0.39, 0.29) is 29.4 Å². The van der Waals surface area contributed by atoms with Gasteiger partial charge < -0.3 is 25.1 Å². The van der Waals surface area contributed by atoms with Crippen molar-refractivity contribution in [2.24, 2.45) is 17.1 Å². The zero-order valence-electron chi connectivity index (χ0n) is 22.2. The SMILES string of the molecule is CC1(C)COB(c2ccc(CC(NC(=O)C3C4CCC(C4)N3C(=O)OC(C)(C)C)C(N)=O)c(F)c2)OC1. The molecule has 0 aromatic heterocycles. The van der Waals surface area contributed by atoms with Crippen LogP contribution < -0.4 is 16.5 Å². The van der Waals surface area contributed by atoms with Crippen molar-refractivity contribution in [3.8, 4) is 0 Å². The van der Waals surface area contributed by atoms with Crippen LogP contribution in [0.1, 0.15) is 59.4 Å². The van der Waals surface area contributed by atoms with Gasteiger partial charge in [-0.15, -0.1) is 0 Å². The molecule has 2 aliphatic heterocycles. The zero-order chi connectivity index (χ0) is 27.1. The second kappa shape index (κ2) is 10.2. The number of halogens is 1. The summed E-state index contributed by atoms with van der Waals surface area (Å²) in [7, 11) is -0.667. The van der Waals surface area contributed by atoms with Crippen molar-refractivity contribution in [2.45, 2.75) is 84.0 Å². The van der Waals surface area contributed by atoms with Crippen LogP contribution in [0, 0.1) is 17.2 Å². The summed E-state index contributed by atoms with van der Waals surface area (Å²) in [5, 5.41) is 2.67. The van der Waals surface area contributed by atoms with E-state index < -0.39 is 48.5 Å². The number of ether oxygens (including phenoxy) is 1. The lowest BCUT2D eigenvalue weighted by molar-refractivity contribution is -0.132. The summed E-state index contributed by atoms with van der Waals surface area (Å²) >= 11 is 0. The average Bonchev–Trinajstić information content (AvgIpc) is 3.40. The Labute approximate surface area is 217 Å². The normalized spacial score (nSPS) is 25.6. The molecule has 0 spiro atoms. The molecule has 3 amide bonds. The zero-order valence-corrected chi connectivity index (χ0v) is 22.2. The van der Waals surface area contributed by atoms with Gasteiger partial charge in [0, 0.05) is 31.1 Å². The predicted molar refractivity (Wildman–Crippen MR) is 135 cm³/mol. The Morgan fingerprint density at radius 3 is 2.51 bits per heavy atom. The van der Waals surface area contributed by atoms with Gasteiger partial charge in [-0.3, -0.25) is 14.5 Å². The molecule has 202 valence electrons. The molecule has 1 saturated carbocycles. The monoisotopic (exact) mass is 517 g/mol. The highest BCUT2D eigenvalue weighted by atomic mass is 19.1. The van der Waals surface area contributed by atoms with E-state index >= 15 is 4.39 Å². The van der Waals surface area contributed by atoms with Crippen molar-refractivity contribution in [3.63, 3.8) is 0 Å². The summed E-state index contributed by atoms with van der Waals surface area (Å²) in [6, 6.07) is 2.56. The number of fused-ring (bicyclic) bond motifs is 2. The van der Waals surface area contributed by atoms with Crippen LogP contribution in [0.5, 0.6) is 0 Å². The molecule has 3 fully saturated rings. The maximum Gasteiger partial charge on any atom is 0.494 e. The number of rotatable bonds is 6. The summed E-state index contributed by atoms with van der Waals surface area (Å²) in [5.74, 6) is -1.84. The van der Waals surface area contributed by atoms with Gasteiger partial charge in [0.2, 0.25) is 11.8 Å². The number of benzene rings is 1. The number of nitrogens with zero attached hydrogens (tertiary/aromatic N) is 1. The van der Waals surface area contributed by atoms with Crippen LogP contribution in [0.3, 0.4) is 0 Å². The first-order valence-corrected chi connectivity index (χ1v) is 12.9. The Hall–Kier alpha value is -2.66. The molecule has 4 atom stereocenters. The molecular formula is C26H37BFN3O6. The summed E-state index contributed by atoms with van der Waals surface area (Å²) in [6.07, 6.45) is 1.64. The molecule has 4 unspecified atom stereocenters. The van der Waals surface area contributed by atoms with Gasteiger partial charge >= 0.3 is 13.2 Å². The Bertz CT molecular complexity index is 1050. The maximum absolute atomic E-state index is 15.0. The Morgan fingerprint density at radius 2 is 1.92 bits per heavy atom. The van der Waals surface area contributed by atoms with Crippen LogP contribution in [-0.4, -0.2) is 66.9 Å². The van der Waals surface area contributed by atoms with Crippen LogP contribution in [0.4, 0.5) is 9.18 Å². The van der Waals surface area contributed by atoms with E-state index in [2.05, 4.69) is 5.32 Å². The van der Waals surface area contributed by atoms with E-state index in [0.29, 0.717) is 25.1 Å². The Balaban J connectivity index is 1.44. The average molecular weight is 517 g/mol. The first-order valence-electron chi connectivity index (χ1n) is 12.9. The summed E-state index contributed by atoms with van der Waals surface area (Å²) in [5.41, 5.74) is 5.53. The van der Waals surface area contributed by atoms with Gasteiger partial charge in [-0.2, -0.15) is 0 Å². The summed E-state index contributed by atoms with van der Waals surface area (Å²) < 4.78 is 32.0. The number of hydrogen-bond donors (Lipinski definition) is 2. The third-order valence-corrected chi connectivity index (χ3v) is 7.14. The number of amides is 3. The van der Waals surface area contributed by atoms with Gasteiger partial charge in [0.1, 0.15) is 23.5 Å². The number of hydrogen-bond acceptors (Lipinski definition) is 6. The molecular weight excluding hydrogens is 480 g/mol. The first-order chi connectivity index (χ1) is 17.2. The predicted octanol–water partition coefficient (Wildman–Crippen LogP) is 1.89. The molecule has 11 heteroatoms. The third-order valence-electron chi connectivity index (χ3n) is 7.14. The van der Waals surface area contributed by atoms with Crippen molar-refractivity contribution in [1.29, 1.82) is 0 Å². The fourth-order valence-corrected chi connectivity index (χ4v) is 5.36. The van der Waals surface area contributed by atoms with E-state index in [1.165, 1.54) is 11.0 Å². The fourth-order valence-electron chi connectivity index (χ4n) is 5.36. The molecule has 2 heterocycles. The number of likely N-dealkylation sites (tertiary alicyclic amines) is 1. The lowest BCUT2D eigenvalue weighted by Crippen LogP contribution is -2.57. The molecule has 9 nitrogen and oxygen atoms in total. The summed E-state index contributed by atoms with van der Waals surface area (Å²) in [6.45, 7) is 10.3. The highest BCUT2D eigenvalue weighted by molar-refractivity contribution is 6.61. The minimum Gasteiger partial charge on any atom is -0.444 e. The molecule has 1 aromatic carbocycles. The highest BCUT2D eigenvalue weighted by Crippen LogP contribution is 2.43. The van der Waals surface area contributed by atoms with Crippen molar-refractivity contribution in [1.82, 2.24) is 10.2 Å². The smallest absolute Gasteiger partial charge is 0.444 e. The van der Waals surface area contributed by atoms with Crippen molar-refractivity contribution in [2.75, 3.05) is 13.2 Å². The first kappa shape index (κ1) is 27.4. The minimum absolute atomic E-state index is 0.0254. The molecule has 2 bridgehead atoms. The molecule has 3 N–H and O–H groups in total. The third kappa shape index (κ3) is 6.26. The van der Waals surface area contributed by atoms with Gasteiger partial charge in [-0.25, -0.2) is 9.18 Å². The van der Waals surface area contributed by atoms with Gasteiger partial charge in [0.25, 0.3) is 0 Å². The number of carbonyl (C=O) groups is 3. The van der Waals surface area contributed by atoms with Gasteiger partial charge in [-0.05, 0) is 63.0 Å². The molecule has 37 heavy (non-hydrogen) atoms. The highest BCUT2D eigenvalue weighted by Gasteiger charge is 2.52. The lowest BCUT2D eigenvalue weighted by atomic mass is 9.75. The van der Waals surface area contributed by atoms with E-state index in [1.807, 2.05) is 13.8 Å². The number of nitrogens with one attached hydrogen (secondary N) is 1. The van der Waals surface area contributed by atoms with Gasteiger partial charge in [0.05, 0.1) is 0 Å². The van der Waals surface area contributed by atoms with E-state index in [1.54, 1.807) is 32.9 Å². The maximum atomic E-state index is 15.0. The molecule has 1 aliphatic carbocycles. The van der Waals surface area contributed by atoms with Crippen LogP contribution in [-0.2, 0) is 30.1 Å². The number of piperidine rings is 1. The standard InChI is InChI=1S/C26H37BFN3O6/c1-25(2,3)37-24(34)31-18-9-7-16(10-18)21(31)23(33)30-20(22(29)32)11-15-6-8-17(12-19(15)28)27-35-13-26(4,5)14-36-27/h6,8,12,16,18,20-21H,7,9-11,13-14H2,1-5H3,(H2,29,32)(H,30,33). The van der Waals surface area contributed by atoms with Crippen LogP contribution in [0.15, 0.2) is 18.2 Å². The van der Waals surface area contributed by atoms with E-state index in [0.717, 1.165) is 12.8 Å². The minimum atomic E-state index is -1.14. The van der Waals surface area contributed by atoms with Crippen molar-refractivity contribution >= 4 is 30.5 Å². The largest absolute Gasteiger partial charge is 0.494 e. The second-order valence-corrected chi connectivity index (χ2v) is 12.2. The quantitative estimate of drug-likeness (QED) is 0.557. The summed E-state index contributed by atoms with van der Waals surface area (Å²) in [4.78, 5) is 39.9. The molecule has 3 aliphatic rings. The van der Waals surface area contributed by atoms with Gasteiger partial charge in [0.15, 0.2) is 0 Å². The van der Waals surface area contributed by atoms with Crippen molar-refractivity contribution in [3.05, 3.63) is 29.6 Å². The molecule has 1 aromatic rings. The second-order valence-electron chi connectivity index (χ2n) is 12.2. The number of carbonyl (C=O) groups excluding carboxylic acids is 3. The van der Waals surface area contributed by atoms with E-state index in [4.69, 9.17) is 19.8 Å². The van der Waals surface area contributed by atoms with Gasteiger partial charge in [-0.1, -0.05) is 26.0 Å². The topological polar surface area (TPSA) is 120 Å². The Kier molecular flexibility index (Phi) is 7.58. The molecule has 0 radical (unpaired) electrons. The van der Waals surface area contributed by atoms with Crippen LogP contribution in [0.2, 0.25) is 0 Å². The lowest BCUT2D eigenvalue weighted by Gasteiger charge is -2.36. The Morgan fingerprint density at radius 1 is 1.24 bits per heavy atom. The fraction of sp³-hybridized carbons (Fsp3) is 0.654.